The number of aldehydes is 1. The van der Waals surface area contributed by atoms with E-state index in [0.29, 0.717) is 6.04 Å². The Balaban J connectivity index is 2.27. The first kappa shape index (κ1) is 12.7. The molecule has 0 amide bonds. The summed E-state index contributed by atoms with van der Waals surface area (Å²) >= 11 is 1.99. The maximum absolute atomic E-state index is 11.0. The summed E-state index contributed by atoms with van der Waals surface area (Å²) in [5.41, 5.74) is 3.23. The maximum Gasteiger partial charge on any atom is 0.151 e. The van der Waals surface area contributed by atoms with E-state index >= 15 is 0 Å². The first-order valence-corrected chi connectivity index (χ1v) is 7.62. The smallest absolute Gasteiger partial charge is 0.151 e. The number of nitrogens with zero attached hydrogens (tertiary/aromatic N) is 1. The number of rotatable bonds is 3. The largest absolute Gasteiger partial charge is 0.345 e. The van der Waals surface area contributed by atoms with E-state index in [1.807, 2.05) is 17.8 Å². The van der Waals surface area contributed by atoms with Gasteiger partial charge in [-0.25, -0.2) is 0 Å². The van der Waals surface area contributed by atoms with Crippen LogP contribution in [0, 0.1) is 13.8 Å². The van der Waals surface area contributed by atoms with Gasteiger partial charge in [-0.05, 0) is 45.4 Å². The van der Waals surface area contributed by atoms with E-state index in [9.17, 15) is 4.79 Å². The third-order valence-corrected chi connectivity index (χ3v) is 5.04. The van der Waals surface area contributed by atoms with Crippen molar-refractivity contribution >= 4 is 18.0 Å². The van der Waals surface area contributed by atoms with Crippen LogP contribution in [0.25, 0.3) is 0 Å². The van der Waals surface area contributed by atoms with Crippen LogP contribution < -0.4 is 0 Å². The van der Waals surface area contributed by atoms with Gasteiger partial charge in [0, 0.05) is 28.2 Å². The van der Waals surface area contributed by atoms with E-state index in [0.717, 1.165) is 22.8 Å². The lowest BCUT2D eigenvalue weighted by atomic mass is 9.94. The molecule has 1 aliphatic carbocycles. The van der Waals surface area contributed by atoms with Gasteiger partial charge in [0.15, 0.2) is 6.29 Å². The SMILES string of the molecule is CSC1CCCC(n2c(C)cc(C=O)c2C)C1. The Morgan fingerprint density at radius 2 is 2.18 bits per heavy atom. The van der Waals surface area contributed by atoms with Gasteiger partial charge in [-0.1, -0.05) is 6.42 Å². The Morgan fingerprint density at radius 3 is 2.76 bits per heavy atom. The van der Waals surface area contributed by atoms with Crippen LogP contribution in [0.1, 0.15) is 53.5 Å². The lowest BCUT2D eigenvalue weighted by Gasteiger charge is -2.31. The fourth-order valence-corrected chi connectivity index (χ4v) is 3.87. The normalized spacial score (nSPS) is 24.9. The molecule has 0 aromatic carbocycles. The molecular weight excluding hydrogens is 230 g/mol. The van der Waals surface area contributed by atoms with Crippen LogP contribution in [-0.4, -0.2) is 22.4 Å². The highest BCUT2D eigenvalue weighted by molar-refractivity contribution is 7.99. The fraction of sp³-hybridized carbons (Fsp3) is 0.643. The van der Waals surface area contributed by atoms with Crippen molar-refractivity contribution < 1.29 is 4.79 Å². The number of aryl methyl sites for hydroxylation is 1. The van der Waals surface area contributed by atoms with Crippen molar-refractivity contribution in [3.8, 4) is 0 Å². The minimum absolute atomic E-state index is 0.592. The molecule has 0 bridgehead atoms. The summed E-state index contributed by atoms with van der Waals surface area (Å²) in [4.78, 5) is 11.0. The van der Waals surface area contributed by atoms with Gasteiger partial charge < -0.3 is 4.57 Å². The molecule has 0 N–H and O–H groups in total. The number of carbonyl (C=O) groups is 1. The Kier molecular flexibility index (Phi) is 3.97. The summed E-state index contributed by atoms with van der Waals surface area (Å²) in [6.45, 7) is 4.18. The van der Waals surface area contributed by atoms with E-state index in [-0.39, 0.29) is 0 Å². The van der Waals surface area contributed by atoms with Crippen LogP contribution in [-0.2, 0) is 0 Å². The van der Waals surface area contributed by atoms with Crippen molar-refractivity contribution in [3.63, 3.8) is 0 Å². The monoisotopic (exact) mass is 251 g/mol. The van der Waals surface area contributed by atoms with Gasteiger partial charge in [0.05, 0.1) is 0 Å². The highest BCUT2D eigenvalue weighted by atomic mass is 32.2. The quantitative estimate of drug-likeness (QED) is 0.763. The first-order chi connectivity index (χ1) is 8.17. The second-order valence-corrected chi connectivity index (χ2v) is 6.13. The molecule has 2 rings (SSSR count). The zero-order chi connectivity index (χ0) is 12.4. The van der Waals surface area contributed by atoms with Crippen LogP contribution in [0.2, 0.25) is 0 Å². The van der Waals surface area contributed by atoms with E-state index in [2.05, 4.69) is 24.7 Å². The fourth-order valence-electron chi connectivity index (χ4n) is 3.05. The minimum Gasteiger partial charge on any atom is -0.345 e. The second kappa shape index (κ2) is 5.30. The van der Waals surface area contributed by atoms with Crippen molar-refractivity contribution in [3.05, 3.63) is 23.0 Å². The number of aromatic nitrogens is 1. The van der Waals surface area contributed by atoms with Gasteiger partial charge in [0.25, 0.3) is 0 Å². The van der Waals surface area contributed by atoms with Crippen molar-refractivity contribution in [1.82, 2.24) is 4.57 Å². The van der Waals surface area contributed by atoms with Crippen LogP contribution in [0.15, 0.2) is 6.07 Å². The van der Waals surface area contributed by atoms with Gasteiger partial charge in [-0.3, -0.25) is 4.79 Å². The molecule has 17 heavy (non-hydrogen) atoms. The van der Waals surface area contributed by atoms with E-state index in [4.69, 9.17) is 0 Å². The lowest BCUT2D eigenvalue weighted by Crippen LogP contribution is -2.22. The molecule has 2 nitrogen and oxygen atoms in total. The average Bonchev–Trinajstić information content (AvgIpc) is 2.64. The first-order valence-electron chi connectivity index (χ1n) is 6.33. The summed E-state index contributed by atoms with van der Waals surface area (Å²) in [5, 5.41) is 0.787. The van der Waals surface area contributed by atoms with E-state index in [1.165, 1.54) is 31.4 Å². The summed E-state index contributed by atoms with van der Waals surface area (Å²) in [5.74, 6) is 0. The molecular formula is C14H21NOS. The van der Waals surface area contributed by atoms with Crippen LogP contribution >= 0.6 is 11.8 Å². The minimum atomic E-state index is 0.592. The Hall–Kier alpha value is -0.700. The molecule has 3 heteroatoms. The van der Waals surface area contributed by atoms with Gasteiger partial charge in [-0.15, -0.1) is 0 Å². The molecule has 2 atom stereocenters. The summed E-state index contributed by atoms with van der Waals surface area (Å²) in [6, 6.07) is 2.61. The molecule has 0 saturated heterocycles. The van der Waals surface area contributed by atoms with Crippen LogP contribution in [0.5, 0.6) is 0 Å². The molecule has 1 saturated carbocycles. The lowest BCUT2D eigenvalue weighted by molar-refractivity contribution is 0.112. The third kappa shape index (κ3) is 2.44. The highest BCUT2D eigenvalue weighted by Gasteiger charge is 2.24. The second-order valence-electron chi connectivity index (χ2n) is 4.99. The van der Waals surface area contributed by atoms with Crippen LogP contribution in [0.3, 0.4) is 0 Å². The summed E-state index contributed by atoms with van der Waals surface area (Å²) in [7, 11) is 0. The third-order valence-electron chi connectivity index (χ3n) is 3.95. The van der Waals surface area contributed by atoms with Crippen molar-refractivity contribution in [2.24, 2.45) is 0 Å². The summed E-state index contributed by atoms with van der Waals surface area (Å²) in [6.07, 6.45) is 8.34. The van der Waals surface area contributed by atoms with Crippen molar-refractivity contribution in [1.29, 1.82) is 0 Å². The average molecular weight is 251 g/mol. The van der Waals surface area contributed by atoms with Crippen molar-refractivity contribution in [2.45, 2.75) is 50.8 Å². The van der Waals surface area contributed by atoms with Crippen LogP contribution in [0.4, 0.5) is 0 Å². The zero-order valence-corrected chi connectivity index (χ0v) is 11.7. The Morgan fingerprint density at radius 1 is 1.41 bits per heavy atom. The standard InChI is InChI=1S/C14H21NOS/c1-10-7-12(9-16)11(2)15(10)13-5-4-6-14(8-13)17-3/h7,9,13-14H,4-6,8H2,1-3H3. The van der Waals surface area contributed by atoms with Gasteiger partial charge in [-0.2, -0.15) is 11.8 Å². The van der Waals surface area contributed by atoms with Gasteiger partial charge in [0.1, 0.15) is 0 Å². The van der Waals surface area contributed by atoms with E-state index < -0.39 is 0 Å². The number of carbonyl (C=O) groups excluding carboxylic acids is 1. The molecule has 0 spiro atoms. The Bertz CT molecular complexity index is 411. The molecule has 0 aliphatic heterocycles. The predicted octanol–water partition coefficient (Wildman–Crippen LogP) is 3.76. The molecule has 1 heterocycles. The molecule has 1 aromatic rings. The molecule has 1 aromatic heterocycles. The summed E-state index contributed by atoms with van der Waals surface area (Å²) < 4.78 is 2.38. The van der Waals surface area contributed by atoms with Gasteiger partial charge >= 0.3 is 0 Å². The number of hydrogen-bond acceptors (Lipinski definition) is 2. The Labute approximate surface area is 108 Å². The highest BCUT2D eigenvalue weighted by Crippen LogP contribution is 2.36. The topological polar surface area (TPSA) is 22.0 Å². The predicted molar refractivity (Wildman–Crippen MR) is 74.1 cm³/mol. The van der Waals surface area contributed by atoms with E-state index in [1.54, 1.807) is 0 Å². The maximum atomic E-state index is 11.0. The zero-order valence-electron chi connectivity index (χ0n) is 10.9. The molecule has 94 valence electrons. The van der Waals surface area contributed by atoms with Crippen molar-refractivity contribution in [2.75, 3.05) is 6.26 Å². The van der Waals surface area contributed by atoms with Gasteiger partial charge in [0.2, 0.25) is 0 Å². The number of thioether (sulfide) groups is 1. The molecule has 2 unspecified atom stereocenters. The molecule has 1 aliphatic rings. The molecule has 0 radical (unpaired) electrons. The number of hydrogen-bond donors (Lipinski definition) is 0. The molecule has 1 fully saturated rings.